The monoisotopic (exact) mass is 397 g/mol. The van der Waals surface area contributed by atoms with Gasteiger partial charge < -0.3 is 19.4 Å². The van der Waals surface area contributed by atoms with Crippen LogP contribution in [0.3, 0.4) is 0 Å². The molecule has 28 heavy (non-hydrogen) atoms. The number of H-pyrrole nitrogens is 1. The van der Waals surface area contributed by atoms with Crippen molar-refractivity contribution >= 4 is 28.5 Å². The SMILES string of the molecule is O=C(c1cc(Cl)c2c(c1)OCCO2)N1CCC(c2nc3ccccc3[nH]2)CC1. The molecule has 1 aromatic heterocycles. The van der Waals surface area contributed by atoms with E-state index < -0.39 is 0 Å². The molecule has 1 saturated heterocycles. The molecule has 2 aromatic carbocycles. The van der Waals surface area contributed by atoms with E-state index in [0.29, 0.717) is 54.3 Å². The molecule has 0 bridgehead atoms. The maximum absolute atomic E-state index is 13.0. The van der Waals surface area contributed by atoms with Crippen LogP contribution in [0.15, 0.2) is 36.4 Å². The Labute approximate surface area is 167 Å². The number of aromatic nitrogens is 2. The summed E-state index contributed by atoms with van der Waals surface area (Å²) in [4.78, 5) is 23.0. The Kier molecular flexibility index (Phi) is 4.36. The van der Waals surface area contributed by atoms with Gasteiger partial charge in [0.15, 0.2) is 11.5 Å². The third-order valence-corrected chi connectivity index (χ3v) is 5.70. The Bertz CT molecular complexity index is 1010. The minimum atomic E-state index is -0.0260. The summed E-state index contributed by atoms with van der Waals surface area (Å²) in [7, 11) is 0. The molecule has 0 atom stereocenters. The number of carbonyl (C=O) groups excluding carboxylic acids is 1. The van der Waals surface area contributed by atoms with Gasteiger partial charge in [-0.25, -0.2) is 4.98 Å². The molecule has 2 aliphatic rings. The average Bonchev–Trinajstić information content (AvgIpc) is 3.18. The molecule has 0 spiro atoms. The van der Waals surface area contributed by atoms with Gasteiger partial charge in [0.25, 0.3) is 5.91 Å². The van der Waals surface area contributed by atoms with Crippen molar-refractivity contribution in [2.75, 3.05) is 26.3 Å². The molecule has 5 rings (SSSR count). The lowest BCUT2D eigenvalue weighted by Gasteiger charge is -2.31. The summed E-state index contributed by atoms with van der Waals surface area (Å²) in [6.45, 7) is 2.30. The third-order valence-electron chi connectivity index (χ3n) is 5.42. The standard InChI is InChI=1S/C21H20ClN3O3/c22-15-11-14(12-18-19(15)28-10-9-27-18)21(26)25-7-5-13(6-8-25)20-23-16-3-1-2-4-17(16)24-20/h1-4,11-13H,5-10H2,(H,23,24). The summed E-state index contributed by atoms with van der Waals surface area (Å²) in [6, 6.07) is 11.4. The Morgan fingerprint density at radius 1 is 1.14 bits per heavy atom. The molecule has 0 radical (unpaired) electrons. The number of piperidine rings is 1. The first-order valence-electron chi connectivity index (χ1n) is 9.52. The number of hydrogen-bond donors (Lipinski definition) is 1. The summed E-state index contributed by atoms with van der Waals surface area (Å²) in [5.74, 6) is 2.38. The number of para-hydroxylation sites is 2. The van der Waals surface area contributed by atoms with Gasteiger partial charge in [-0.3, -0.25) is 4.79 Å². The van der Waals surface area contributed by atoms with E-state index in [-0.39, 0.29) is 5.91 Å². The smallest absolute Gasteiger partial charge is 0.254 e. The zero-order valence-electron chi connectivity index (χ0n) is 15.3. The normalized spacial score (nSPS) is 17.1. The van der Waals surface area contributed by atoms with Gasteiger partial charge >= 0.3 is 0 Å². The number of nitrogens with zero attached hydrogens (tertiary/aromatic N) is 2. The highest BCUT2D eigenvalue weighted by atomic mass is 35.5. The largest absolute Gasteiger partial charge is 0.486 e. The quantitative estimate of drug-likeness (QED) is 0.709. The van der Waals surface area contributed by atoms with Gasteiger partial charge in [0.2, 0.25) is 0 Å². The van der Waals surface area contributed by atoms with Crippen molar-refractivity contribution in [3.8, 4) is 11.5 Å². The predicted octanol–water partition coefficient (Wildman–Crippen LogP) is 4.01. The van der Waals surface area contributed by atoms with Crippen molar-refractivity contribution in [1.82, 2.24) is 14.9 Å². The van der Waals surface area contributed by atoms with Crippen LogP contribution in [0.2, 0.25) is 5.02 Å². The fraction of sp³-hybridized carbons (Fsp3) is 0.333. The number of halogens is 1. The topological polar surface area (TPSA) is 67.5 Å². The van der Waals surface area contributed by atoms with Crippen molar-refractivity contribution in [2.24, 2.45) is 0 Å². The molecular formula is C21H20ClN3O3. The van der Waals surface area contributed by atoms with Crippen molar-refractivity contribution in [1.29, 1.82) is 0 Å². The number of carbonyl (C=O) groups is 1. The summed E-state index contributed by atoms with van der Waals surface area (Å²) in [5.41, 5.74) is 2.58. The Morgan fingerprint density at radius 3 is 2.75 bits per heavy atom. The summed E-state index contributed by atoms with van der Waals surface area (Å²) >= 11 is 6.28. The molecular weight excluding hydrogens is 378 g/mol. The van der Waals surface area contributed by atoms with Gasteiger partial charge in [0.1, 0.15) is 19.0 Å². The maximum Gasteiger partial charge on any atom is 0.254 e. The lowest BCUT2D eigenvalue weighted by molar-refractivity contribution is 0.0710. The average molecular weight is 398 g/mol. The molecule has 0 saturated carbocycles. The second-order valence-electron chi connectivity index (χ2n) is 7.19. The van der Waals surface area contributed by atoms with Crippen molar-refractivity contribution < 1.29 is 14.3 Å². The van der Waals surface area contributed by atoms with E-state index in [4.69, 9.17) is 26.1 Å². The van der Waals surface area contributed by atoms with Crippen molar-refractivity contribution in [3.05, 3.63) is 52.8 Å². The van der Waals surface area contributed by atoms with Gasteiger partial charge in [0.05, 0.1) is 16.1 Å². The highest BCUT2D eigenvalue weighted by Gasteiger charge is 2.28. The zero-order chi connectivity index (χ0) is 19.1. The van der Waals surface area contributed by atoms with Crippen LogP contribution in [0, 0.1) is 0 Å². The number of ether oxygens (including phenoxy) is 2. The Hall–Kier alpha value is -2.73. The Balaban J connectivity index is 1.30. The van der Waals surface area contributed by atoms with Crippen LogP contribution in [0.5, 0.6) is 11.5 Å². The van der Waals surface area contributed by atoms with E-state index in [9.17, 15) is 4.79 Å². The summed E-state index contributed by atoms with van der Waals surface area (Å²) < 4.78 is 11.1. The molecule has 3 heterocycles. The second kappa shape index (κ2) is 7.02. The molecule has 7 heteroatoms. The number of rotatable bonds is 2. The fourth-order valence-electron chi connectivity index (χ4n) is 3.94. The number of likely N-dealkylation sites (tertiary alicyclic amines) is 1. The molecule has 1 fully saturated rings. The molecule has 2 aliphatic heterocycles. The van der Waals surface area contributed by atoms with E-state index in [1.807, 2.05) is 29.2 Å². The lowest BCUT2D eigenvalue weighted by Crippen LogP contribution is -2.38. The number of hydrogen-bond acceptors (Lipinski definition) is 4. The maximum atomic E-state index is 13.0. The second-order valence-corrected chi connectivity index (χ2v) is 7.60. The van der Waals surface area contributed by atoms with Crippen molar-refractivity contribution in [2.45, 2.75) is 18.8 Å². The number of amides is 1. The highest BCUT2D eigenvalue weighted by molar-refractivity contribution is 6.32. The highest BCUT2D eigenvalue weighted by Crippen LogP contribution is 2.39. The molecule has 0 aliphatic carbocycles. The zero-order valence-corrected chi connectivity index (χ0v) is 16.0. The van der Waals surface area contributed by atoms with E-state index >= 15 is 0 Å². The lowest BCUT2D eigenvalue weighted by atomic mass is 9.95. The van der Waals surface area contributed by atoms with Gasteiger partial charge in [-0.05, 0) is 37.1 Å². The van der Waals surface area contributed by atoms with Crippen LogP contribution in [0.1, 0.15) is 34.9 Å². The summed E-state index contributed by atoms with van der Waals surface area (Å²) in [6.07, 6.45) is 1.76. The van der Waals surface area contributed by atoms with E-state index in [1.54, 1.807) is 12.1 Å². The first-order chi connectivity index (χ1) is 13.7. The molecule has 0 unspecified atom stereocenters. The van der Waals surface area contributed by atoms with Crippen LogP contribution in [-0.4, -0.2) is 47.1 Å². The molecule has 1 N–H and O–H groups in total. The van der Waals surface area contributed by atoms with E-state index in [1.165, 1.54) is 0 Å². The molecule has 144 valence electrons. The predicted molar refractivity (Wildman–Crippen MR) is 106 cm³/mol. The number of imidazole rings is 1. The van der Waals surface area contributed by atoms with Gasteiger partial charge in [-0.1, -0.05) is 23.7 Å². The minimum Gasteiger partial charge on any atom is -0.486 e. The first-order valence-corrected chi connectivity index (χ1v) is 9.90. The van der Waals surface area contributed by atoms with Gasteiger partial charge in [-0.2, -0.15) is 0 Å². The Morgan fingerprint density at radius 2 is 1.93 bits per heavy atom. The number of benzene rings is 2. The third kappa shape index (κ3) is 3.07. The minimum absolute atomic E-state index is 0.0260. The summed E-state index contributed by atoms with van der Waals surface area (Å²) in [5, 5.41) is 0.415. The number of nitrogens with one attached hydrogen (secondary N) is 1. The molecule has 6 nitrogen and oxygen atoms in total. The van der Waals surface area contributed by atoms with Crippen LogP contribution < -0.4 is 9.47 Å². The fourth-order valence-corrected chi connectivity index (χ4v) is 4.20. The van der Waals surface area contributed by atoms with E-state index in [2.05, 4.69) is 4.98 Å². The van der Waals surface area contributed by atoms with Gasteiger partial charge in [-0.15, -0.1) is 0 Å². The number of fused-ring (bicyclic) bond motifs is 2. The van der Waals surface area contributed by atoms with Gasteiger partial charge in [0, 0.05) is 24.6 Å². The van der Waals surface area contributed by atoms with Crippen molar-refractivity contribution in [3.63, 3.8) is 0 Å². The van der Waals surface area contributed by atoms with Crippen LogP contribution in [0.4, 0.5) is 0 Å². The van der Waals surface area contributed by atoms with Crippen LogP contribution >= 0.6 is 11.6 Å². The van der Waals surface area contributed by atoms with E-state index in [0.717, 1.165) is 29.7 Å². The van der Waals surface area contributed by atoms with Crippen LogP contribution in [-0.2, 0) is 0 Å². The number of aromatic amines is 1. The molecule has 3 aromatic rings. The molecule has 1 amide bonds. The first kappa shape index (κ1) is 17.4. The van der Waals surface area contributed by atoms with Crippen LogP contribution in [0.25, 0.3) is 11.0 Å².